The number of H-pyrrole nitrogens is 1. The number of carbonyl (C=O) groups excluding carboxylic acids is 3. The fraction of sp³-hybridized carbons (Fsp3) is 0.417. The number of benzene rings is 1. The molecule has 1 aromatic carbocycles. The molecule has 0 fully saturated rings. The first kappa shape index (κ1) is 29.8. The molecule has 0 aliphatic rings. The Hall–Kier alpha value is -4.46. The second kappa shape index (κ2) is 14.9. The fourth-order valence-electron chi connectivity index (χ4n) is 3.50. The average Bonchev–Trinajstić information content (AvgIpc) is 3.38. The molecule has 14 nitrogen and oxygen atoms in total. The van der Waals surface area contributed by atoms with Gasteiger partial charge in [-0.25, -0.2) is 9.78 Å². The summed E-state index contributed by atoms with van der Waals surface area (Å²) in [6.07, 6.45) is 3.75. The number of amides is 3. The molecule has 1 aromatic heterocycles. The summed E-state index contributed by atoms with van der Waals surface area (Å²) in [4.78, 5) is 60.7. The first-order chi connectivity index (χ1) is 18.1. The number of hydrogen-bond donors (Lipinski definition) is 8. The minimum atomic E-state index is -1.21. The van der Waals surface area contributed by atoms with E-state index in [2.05, 4.69) is 30.9 Å². The smallest absolute Gasteiger partial charge is 0.326 e. The van der Waals surface area contributed by atoms with Gasteiger partial charge in [-0.15, -0.1) is 0 Å². The lowest BCUT2D eigenvalue weighted by Crippen LogP contribution is -2.56. The number of aliphatic carboxylic acids is 1. The van der Waals surface area contributed by atoms with Gasteiger partial charge in [-0.3, -0.25) is 19.4 Å². The third kappa shape index (κ3) is 10.3. The number of nitrogens with one attached hydrogen (secondary N) is 4. The van der Waals surface area contributed by atoms with Crippen LogP contribution in [0.5, 0.6) is 0 Å². The molecule has 2 rings (SSSR count). The van der Waals surface area contributed by atoms with Gasteiger partial charge in [0.1, 0.15) is 18.1 Å². The maximum atomic E-state index is 13.0. The van der Waals surface area contributed by atoms with Crippen LogP contribution < -0.4 is 33.2 Å². The van der Waals surface area contributed by atoms with Gasteiger partial charge in [0.25, 0.3) is 0 Å². The predicted molar refractivity (Wildman–Crippen MR) is 139 cm³/mol. The summed E-state index contributed by atoms with van der Waals surface area (Å²) in [5.74, 6) is -3.23. The van der Waals surface area contributed by atoms with Gasteiger partial charge >= 0.3 is 5.97 Å². The van der Waals surface area contributed by atoms with E-state index in [1.807, 2.05) is 0 Å². The highest BCUT2D eigenvalue weighted by Crippen LogP contribution is 2.05. The van der Waals surface area contributed by atoms with Crippen molar-refractivity contribution in [3.63, 3.8) is 0 Å². The van der Waals surface area contributed by atoms with E-state index in [0.29, 0.717) is 12.1 Å². The summed E-state index contributed by atoms with van der Waals surface area (Å²) < 4.78 is 0. The molecule has 0 bridgehead atoms. The summed E-state index contributed by atoms with van der Waals surface area (Å²) in [6.45, 7) is 1.63. The van der Waals surface area contributed by atoms with Crippen LogP contribution in [0.15, 0.2) is 47.8 Å². The van der Waals surface area contributed by atoms with Crippen molar-refractivity contribution in [2.45, 2.75) is 56.8 Å². The van der Waals surface area contributed by atoms with Crippen molar-refractivity contribution < 1.29 is 24.3 Å². The zero-order valence-corrected chi connectivity index (χ0v) is 21.1. The molecule has 4 atom stereocenters. The van der Waals surface area contributed by atoms with Crippen molar-refractivity contribution in [3.8, 4) is 0 Å². The maximum absolute atomic E-state index is 13.0. The Labute approximate surface area is 219 Å². The van der Waals surface area contributed by atoms with Crippen LogP contribution in [-0.2, 0) is 32.0 Å². The average molecular weight is 530 g/mol. The second-order valence-electron chi connectivity index (χ2n) is 8.72. The van der Waals surface area contributed by atoms with Crippen molar-refractivity contribution in [3.05, 3.63) is 54.1 Å². The number of aliphatic imine (C=N–C) groups is 1. The molecule has 3 amide bonds. The summed E-state index contributed by atoms with van der Waals surface area (Å²) >= 11 is 0. The molecule has 0 saturated carbocycles. The van der Waals surface area contributed by atoms with Gasteiger partial charge in [0.15, 0.2) is 5.96 Å². The molecule has 14 heteroatoms. The number of aromatic nitrogens is 2. The Morgan fingerprint density at radius 1 is 1.00 bits per heavy atom. The first-order valence-electron chi connectivity index (χ1n) is 12.0. The predicted octanol–water partition coefficient (Wildman–Crippen LogP) is -1.87. The van der Waals surface area contributed by atoms with Crippen LogP contribution in [0, 0.1) is 0 Å². The molecule has 11 N–H and O–H groups in total. The van der Waals surface area contributed by atoms with Crippen LogP contribution in [0.1, 0.15) is 31.0 Å². The van der Waals surface area contributed by atoms with Crippen LogP contribution in [0.3, 0.4) is 0 Å². The van der Waals surface area contributed by atoms with Crippen molar-refractivity contribution in [2.24, 2.45) is 22.2 Å². The minimum Gasteiger partial charge on any atom is -0.480 e. The molecule has 0 aliphatic carbocycles. The van der Waals surface area contributed by atoms with Crippen molar-refractivity contribution >= 4 is 29.7 Å². The monoisotopic (exact) mass is 529 g/mol. The SMILES string of the molecule is CC(NC(=O)C(CCCN=C(N)N)NC(=O)C(N)Cc1cnc[nH]1)C(=O)NC(Cc1ccccc1)C(=O)O. The zero-order valence-electron chi connectivity index (χ0n) is 21.1. The first-order valence-corrected chi connectivity index (χ1v) is 12.0. The van der Waals surface area contributed by atoms with Crippen LogP contribution in [0.25, 0.3) is 0 Å². The van der Waals surface area contributed by atoms with Crippen LogP contribution in [-0.4, -0.2) is 75.4 Å². The Bertz CT molecular complexity index is 1090. The second-order valence-corrected chi connectivity index (χ2v) is 8.72. The largest absolute Gasteiger partial charge is 0.480 e. The van der Waals surface area contributed by atoms with Crippen molar-refractivity contribution in [1.29, 1.82) is 0 Å². The molecule has 0 spiro atoms. The topological polar surface area (TPSA) is 244 Å². The summed E-state index contributed by atoms with van der Waals surface area (Å²) in [5, 5.41) is 17.1. The highest BCUT2D eigenvalue weighted by molar-refractivity contribution is 5.94. The van der Waals surface area contributed by atoms with E-state index in [9.17, 15) is 24.3 Å². The van der Waals surface area contributed by atoms with E-state index in [0.717, 1.165) is 5.56 Å². The van der Waals surface area contributed by atoms with Crippen LogP contribution in [0.2, 0.25) is 0 Å². The molecule has 38 heavy (non-hydrogen) atoms. The van der Waals surface area contributed by atoms with Crippen molar-refractivity contribution in [2.75, 3.05) is 6.54 Å². The molecule has 0 aliphatic heterocycles. The molecule has 2 aromatic rings. The van der Waals surface area contributed by atoms with E-state index in [1.54, 1.807) is 30.3 Å². The van der Waals surface area contributed by atoms with Crippen molar-refractivity contribution in [1.82, 2.24) is 25.9 Å². The normalized spacial score (nSPS) is 13.8. The van der Waals surface area contributed by atoms with Gasteiger partial charge in [-0.05, 0) is 25.3 Å². The number of rotatable bonds is 15. The minimum absolute atomic E-state index is 0.0697. The zero-order chi connectivity index (χ0) is 28.1. The van der Waals surface area contributed by atoms with Gasteiger partial charge in [-0.2, -0.15) is 0 Å². The van der Waals surface area contributed by atoms with Crippen LogP contribution in [0.4, 0.5) is 0 Å². The number of guanidine groups is 1. The Morgan fingerprint density at radius 2 is 1.68 bits per heavy atom. The van der Waals surface area contributed by atoms with Gasteiger partial charge in [0.05, 0.1) is 12.4 Å². The lowest BCUT2D eigenvalue weighted by molar-refractivity contribution is -0.142. The molecular weight excluding hydrogens is 494 g/mol. The van der Waals surface area contributed by atoms with Gasteiger partial charge in [0, 0.05) is 31.3 Å². The molecule has 0 saturated heterocycles. The highest BCUT2D eigenvalue weighted by Gasteiger charge is 2.28. The molecular formula is C24H35N9O5. The molecule has 0 radical (unpaired) electrons. The quantitative estimate of drug-likeness (QED) is 0.0731. The number of imidazole rings is 1. The highest BCUT2D eigenvalue weighted by atomic mass is 16.4. The maximum Gasteiger partial charge on any atom is 0.326 e. The van der Waals surface area contributed by atoms with Gasteiger partial charge in [0.2, 0.25) is 17.7 Å². The van der Waals surface area contributed by atoms with Gasteiger partial charge in [-0.1, -0.05) is 30.3 Å². The molecule has 1 heterocycles. The van der Waals surface area contributed by atoms with E-state index >= 15 is 0 Å². The van der Waals surface area contributed by atoms with Crippen LogP contribution >= 0.6 is 0 Å². The number of nitrogens with two attached hydrogens (primary N) is 3. The Kier molecular flexibility index (Phi) is 11.7. The number of hydrogen-bond acceptors (Lipinski definition) is 7. The van der Waals surface area contributed by atoms with Gasteiger partial charge < -0.3 is 43.2 Å². The Balaban J connectivity index is 2.01. The van der Waals surface area contributed by atoms with E-state index < -0.39 is 47.9 Å². The fourth-order valence-corrected chi connectivity index (χ4v) is 3.50. The number of carbonyl (C=O) groups is 4. The number of nitrogens with zero attached hydrogens (tertiary/aromatic N) is 2. The Morgan fingerprint density at radius 3 is 2.29 bits per heavy atom. The number of aromatic amines is 1. The number of carboxylic acids is 1. The number of carboxylic acid groups (broad SMARTS) is 1. The lowest BCUT2D eigenvalue weighted by atomic mass is 10.1. The van der Waals surface area contributed by atoms with E-state index in [-0.39, 0.29) is 31.8 Å². The summed E-state index contributed by atoms with van der Waals surface area (Å²) in [6, 6.07) is 4.54. The van der Waals surface area contributed by atoms with E-state index in [1.165, 1.54) is 19.4 Å². The lowest BCUT2D eigenvalue weighted by Gasteiger charge is -2.23. The summed E-state index contributed by atoms with van der Waals surface area (Å²) in [7, 11) is 0. The molecule has 4 unspecified atom stereocenters. The summed E-state index contributed by atoms with van der Waals surface area (Å²) in [5.41, 5.74) is 18.0. The third-order valence-corrected chi connectivity index (χ3v) is 5.56. The standard InChI is InChI=1S/C24H35N9O5/c1-14(20(34)33-19(23(37)38)10-15-6-3-2-4-7-15)31-22(36)18(8-5-9-29-24(26)27)32-21(35)17(25)11-16-12-28-13-30-16/h2-4,6-7,12-14,17-19H,5,8-11,25H2,1H3,(H,28,30)(H,31,36)(H,32,35)(H,33,34)(H,37,38)(H4,26,27,29). The third-order valence-electron chi connectivity index (χ3n) is 5.56. The van der Waals surface area contributed by atoms with E-state index in [4.69, 9.17) is 17.2 Å². The molecule has 206 valence electrons.